The summed E-state index contributed by atoms with van der Waals surface area (Å²) >= 11 is 0. The van der Waals surface area contributed by atoms with Gasteiger partial charge in [-0.2, -0.15) is 23.3 Å². The van der Waals surface area contributed by atoms with Crippen molar-refractivity contribution in [2.75, 3.05) is 11.9 Å². The van der Waals surface area contributed by atoms with Gasteiger partial charge in [0.15, 0.2) is 12.4 Å². The van der Waals surface area contributed by atoms with Crippen LogP contribution >= 0.6 is 0 Å². The van der Waals surface area contributed by atoms with Crippen molar-refractivity contribution in [1.29, 1.82) is 0 Å². The summed E-state index contributed by atoms with van der Waals surface area (Å²) in [4.78, 5) is 8.70. The van der Waals surface area contributed by atoms with Gasteiger partial charge in [0.2, 0.25) is 5.95 Å². The molecule has 3 heterocycles. The zero-order valence-electron chi connectivity index (χ0n) is 19.3. The Balaban J connectivity index is 1.34. The summed E-state index contributed by atoms with van der Waals surface area (Å²) in [6, 6.07) is 11.2. The first-order valence-electron chi connectivity index (χ1n) is 11.4. The summed E-state index contributed by atoms with van der Waals surface area (Å²) < 4.78 is 60.0. The van der Waals surface area contributed by atoms with E-state index < -0.39 is 18.6 Å². The van der Waals surface area contributed by atoms with E-state index in [9.17, 15) is 17.6 Å². The monoisotopic (exact) mass is 501 g/mol. The Labute approximate surface area is 203 Å². The Hall–Kier alpha value is -3.96. The standard InChI is InChI=1S/C24H23F4N7O/c1-15-29-14-35(32-15)21-10-7-17(12-20(21)25)30-23-31-22-19(4-2-3-11-34(22)33-23)16-5-8-18(9-6-16)36-13-24(26,27)28/h5-10,12,14,19H,2-4,11,13H2,1H3,(H,30,33)/t19-/m0/s1. The third-order valence-corrected chi connectivity index (χ3v) is 5.87. The maximum Gasteiger partial charge on any atom is 0.422 e. The van der Waals surface area contributed by atoms with Crippen LogP contribution < -0.4 is 10.1 Å². The third kappa shape index (κ3) is 5.31. The van der Waals surface area contributed by atoms with Crippen LogP contribution in [0.1, 0.15) is 42.4 Å². The van der Waals surface area contributed by atoms with Crippen molar-refractivity contribution in [3.05, 3.63) is 71.8 Å². The second-order valence-electron chi connectivity index (χ2n) is 8.57. The lowest BCUT2D eigenvalue weighted by atomic mass is 9.93. The zero-order valence-corrected chi connectivity index (χ0v) is 19.3. The van der Waals surface area contributed by atoms with Crippen LogP contribution in [0.4, 0.5) is 29.2 Å². The lowest BCUT2D eigenvalue weighted by molar-refractivity contribution is -0.153. The molecule has 0 spiro atoms. The molecule has 2 aromatic heterocycles. The Morgan fingerprint density at radius 1 is 1.08 bits per heavy atom. The summed E-state index contributed by atoms with van der Waals surface area (Å²) in [5, 5.41) is 11.8. The molecule has 1 aliphatic rings. The highest BCUT2D eigenvalue weighted by atomic mass is 19.4. The Morgan fingerprint density at radius 3 is 2.58 bits per heavy atom. The highest BCUT2D eigenvalue weighted by molar-refractivity contribution is 5.56. The number of hydrogen-bond donors (Lipinski definition) is 1. The van der Waals surface area contributed by atoms with Gasteiger partial charge in [-0.25, -0.2) is 18.7 Å². The number of benzene rings is 2. The Morgan fingerprint density at radius 2 is 1.89 bits per heavy atom. The molecule has 8 nitrogen and oxygen atoms in total. The normalized spacial score (nSPS) is 15.9. The van der Waals surface area contributed by atoms with Gasteiger partial charge in [0.1, 0.15) is 29.4 Å². The topological polar surface area (TPSA) is 82.7 Å². The fraction of sp³-hybridized carbons (Fsp3) is 0.333. The SMILES string of the molecule is Cc1ncn(-c2ccc(Nc3nc4n(n3)CCCC[C@H]4c3ccc(OCC(F)(F)F)cc3)cc2F)n1. The van der Waals surface area contributed by atoms with Crippen molar-refractivity contribution in [2.45, 2.75) is 44.8 Å². The van der Waals surface area contributed by atoms with E-state index in [-0.39, 0.29) is 17.4 Å². The van der Waals surface area contributed by atoms with Crippen LogP contribution in [0, 0.1) is 12.7 Å². The molecule has 0 radical (unpaired) electrons. The maximum atomic E-state index is 14.7. The average molecular weight is 501 g/mol. The summed E-state index contributed by atoms with van der Waals surface area (Å²) in [6.07, 6.45) is -0.247. The van der Waals surface area contributed by atoms with E-state index in [0.717, 1.165) is 30.7 Å². The number of nitrogens with zero attached hydrogens (tertiary/aromatic N) is 6. The second kappa shape index (κ2) is 9.59. The summed E-state index contributed by atoms with van der Waals surface area (Å²) in [7, 11) is 0. The molecule has 0 saturated carbocycles. The first-order chi connectivity index (χ1) is 17.2. The summed E-state index contributed by atoms with van der Waals surface area (Å²) in [5.74, 6) is 1.22. The van der Waals surface area contributed by atoms with Gasteiger partial charge < -0.3 is 10.1 Å². The maximum absolute atomic E-state index is 14.7. The van der Waals surface area contributed by atoms with Crippen molar-refractivity contribution in [2.24, 2.45) is 0 Å². The molecule has 0 amide bonds. The van der Waals surface area contributed by atoms with Gasteiger partial charge >= 0.3 is 6.18 Å². The van der Waals surface area contributed by atoms with Crippen LogP contribution in [0.15, 0.2) is 48.8 Å². The number of aromatic nitrogens is 6. The van der Waals surface area contributed by atoms with Crippen LogP contribution in [0.25, 0.3) is 5.69 Å². The number of aryl methyl sites for hydroxylation is 2. The van der Waals surface area contributed by atoms with Gasteiger partial charge in [-0.1, -0.05) is 18.6 Å². The predicted octanol–water partition coefficient (Wildman–Crippen LogP) is 5.31. The number of anilines is 2. The van der Waals surface area contributed by atoms with Gasteiger partial charge in [-0.05, 0) is 55.7 Å². The van der Waals surface area contributed by atoms with E-state index in [2.05, 4.69) is 25.5 Å². The number of halogens is 4. The van der Waals surface area contributed by atoms with Crippen molar-refractivity contribution in [1.82, 2.24) is 29.5 Å². The molecular formula is C24H23F4N7O. The molecule has 1 aliphatic heterocycles. The Bertz CT molecular complexity index is 1350. The molecule has 12 heteroatoms. The molecule has 2 aromatic carbocycles. The molecule has 1 N–H and O–H groups in total. The largest absolute Gasteiger partial charge is 0.484 e. The molecule has 1 atom stereocenters. The summed E-state index contributed by atoms with van der Waals surface area (Å²) in [6.45, 7) is 1.08. The summed E-state index contributed by atoms with van der Waals surface area (Å²) in [5.41, 5.74) is 1.67. The molecule has 36 heavy (non-hydrogen) atoms. The lowest BCUT2D eigenvalue weighted by Gasteiger charge is -2.15. The highest BCUT2D eigenvalue weighted by Crippen LogP contribution is 2.33. The molecule has 4 aromatic rings. The molecule has 0 saturated heterocycles. The minimum Gasteiger partial charge on any atom is -0.484 e. The number of rotatable bonds is 6. The van der Waals surface area contributed by atoms with Gasteiger partial charge in [-0.15, -0.1) is 5.10 Å². The smallest absolute Gasteiger partial charge is 0.422 e. The van der Waals surface area contributed by atoms with E-state index in [1.807, 2.05) is 4.68 Å². The molecule has 0 fully saturated rings. The lowest BCUT2D eigenvalue weighted by Crippen LogP contribution is -2.19. The minimum atomic E-state index is -4.39. The fourth-order valence-corrected chi connectivity index (χ4v) is 4.21. The zero-order chi connectivity index (χ0) is 25.3. The Kier molecular flexibility index (Phi) is 6.33. The van der Waals surface area contributed by atoms with Gasteiger partial charge in [0, 0.05) is 18.2 Å². The van der Waals surface area contributed by atoms with Gasteiger partial charge in [-0.3, -0.25) is 0 Å². The molecule has 0 bridgehead atoms. The predicted molar refractivity (Wildman–Crippen MR) is 123 cm³/mol. The van der Waals surface area contributed by atoms with E-state index in [1.165, 1.54) is 29.2 Å². The van der Waals surface area contributed by atoms with Crippen molar-refractivity contribution < 1.29 is 22.3 Å². The minimum absolute atomic E-state index is 0.0816. The van der Waals surface area contributed by atoms with Crippen molar-refractivity contribution >= 4 is 11.6 Å². The van der Waals surface area contributed by atoms with Crippen LogP contribution in [0.2, 0.25) is 0 Å². The van der Waals surface area contributed by atoms with E-state index in [0.29, 0.717) is 24.0 Å². The van der Waals surface area contributed by atoms with E-state index >= 15 is 0 Å². The van der Waals surface area contributed by atoms with Crippen LogP contribution in [0.3, 0.4) is 0 Å². The van der Waals surface area contributed by atoms with Crippen LogP contribution in [-0.4, -0.2) is 42.3 Å². The van der Waals surface area contributed by atoms with E-state index in [4.69, 9.17) is 4.74 Å². The van der Waals surface area contributed by atoms with E-state index in [1.54, 1.807) is 31.2 Å². The van der Waals surface area contributed by atoms with Crippen molar-refractivity contribution in [3.8, 4) is 11.4 Å². The fourth-order valence-electron chi connectivity index (χ4n) is 4.21. The third-order valence-electron chi connectivity index (χ3n) is 5.87. The molecule has 0 aliphatic carbocycles. The number of hydrogen-bond acceptors (Lipinski definition) is 6. The van der Waals surface area contributed by atoms with Crippen molar-refractivity contribution in [3.63, 3.8) is 0 Å². The number of nitrogens with one attached hydrogen (secondary N) is 1. The molecular weight excluding hydrogens is 478 g/mol. The van der Waals surface area contributed by atoms with Gasteiger partial charge in [0.05, 0.1) is 0 Å². The number of fused-ring (bicyclic) bond motifs is 1. The number of alkyl halides is 3. The number of ether oxygens (including phenoxy) is 1. The van der Waals surface area contributed by atoms with Crippen LogP contribution in [0.5, 0.6) is 5.75 Å². The van der Waals surface area contributed by atoms with Crippen LogP contribution in [-0.2, 0) is 6.54 Å². The molecule has 0 unspecified atom stereocenters. The second-order valence-corrected chi connectivity index (χ2v) is 8.57. The first kappa shape index (κ1) is 23.8. The van der Waals surface area contributed by atoms with Gasteiger partial charge in [0.25, 0.3) is 0 Å². The quantitative estimate of drug-likeness (QED) is 0.361. The molecule has 188 valence electrons. The average Bonchev–Trinajstić information content (AvgIpc) is 3.38. The first-order valence-corrected chi connectivity index (χ1v) is 11.4. The molecule has 5 rings (SSSR count). The highest BCUT2D eigenvalue weighted by Gasteiger charge is 2.29.